The molecule has 0 bridgehead atoms. The van der Waals surface area contributed by atoms with Crippen molar-refractivity contribution < 1.29 is 23.8 Å². The van der Waals surface area contributed by atoms with Crippen LogP contribution in [-0.4, -0.2) is 32.6 Å². The molecule has 0 aliphatic carbocycles. The third-order valence-electron chi connectivity index (χ3n) is 3.11. The van der Waals surface area contributed by atoms with Gasteiger partial charge in [0.1, 0.15) is 11.5 Å². The first-order valence-electron chi connectivity index (χ1n) is 6.73. The van der Waals surface area contributed by atoms with Gasteiger partial charge in [0.15, 0.2) is 12.4 Å². The highest BCUT2D eigenvalue weighted by Crippen LogP contribution is 2.25. The van der Waals surface area contributed by atoms with Crippen LogP contribution in [0.25, 0.3) is 0 Å². The van der Waals surface area contributed by atoms with E-state index in [2.05, 4.69) is 0 Å². The molecule has 0 aliphatic rings. The summed E-state index contributed by atoms with van der Waals surface area (Å²) in [5.74, 6) is 0.0481. The Morgan fingerprint density at radius 3 is 2.43 bits per heavy atom. The molecule has 2 aromatic carbocycles. The van der Waals surface area contributed by atoms with Crippen LogP contribution in [0.5, 0.6) is 11.5 Å². The molecule has 2 rings (SSSR count). The molecule has 0 atom stereocenters. The molecule has 0 heterocycles. The summed E-state index contributed by atoms with van der Waals surface area (Å²) in [7, 11) is 2.99. The molecule has 5 nitrogen and oxygen atoms in total. The summed E-state index contributed by atoms with van der Waals surface area (Å²) < 4.78 is 15.1. The van der Waals surface area contributed by atoms with Crippen molar-refractivity contribution in [3.8, 4) is 11.5 Å². The van der Waals surface area contributed by atoms with Crippen LogP contribution in [0.2, 0.25) is 5.02 Å². The van der Waals surface area contributed by atoms with Gasteiger partial charge in [-0.05, 0) is 36.4 Å². The number of hydrogen-bond acceptors (Lipinski definition) is 5. The van der Waals surface area contributed by atoms with E-state index in [1.54, 1.807) is 30.3 Å². The highest BCUT2D eigenvalue weighted by Gasteiger charge is 2.14. The highest BCUT2D eigenvalue weighted by atomic mass is 35.5. The minimum absolute atomic E-state index is 0.310. The van der Waals surface area contributed by atoms with E-state index >= 15 is 0 Å². The monoisotopic (exact) mass is 334 g/mol. The summed E-state index contributed by atoms with van der Waals surface area (Å²) in [5, 5.41) is 0.317. The lowest BCUT2D eigenvalue weighted by Gasteiger charge is -2.07. The van der Waals surface area contributed by atoms with Crippen molar-refractivity contribution in [2.24, 2.45) is 0 Å². The number of hydrogen-bond donors (Lipinski definition) is 0. The summed E-state index contributed by atoms with van der Waals surface area (Å²) in [6.45, 7) is -0.376. The van der Waals surface area contributed by atoms with E-state index in [0.717, 1.165) is 0 Å². The van der Waals surface area contributed by atoms with Gasteiger partial charge in [-0.1, -0.05) is 17.7 Å². The van der Waals surface area contributed by atoms with E-state index < -0.39 is 5.97 Å². The molecule has 0 radical (unpaired) electrons. The summed E-state index contributed by atoms with van der Waals surface area (Å²) in [5.41, 5.74) is 0.652. The van der Waals surface area contributed by atoms with Crippen LogP contribution in [0.3, 0.4) is 0 Å². The smallest absolute Gasteiger partial charge is 0.338 e. The fourth-order valence-electron chi connectivity index (χ4n) is 1.89. The van der Waals surface area contributed by atoms with Gasteiger partial charge in [-0.2, -0.15) is 0 Å². The Morgan fingerprint density at radius 2 is 1.78 bits per heavy atom. The van der Waals surface area contributed by atoms with Crippen LogP contribution in [0.4, 0.5) is 0 Å². The van der Waals surface area contributed by atoms with Gasteiger partial charge in [0.2, 0.25) is 0 Å². The van der Waals surface area contributed by atoms with Gasteiger partial charge in [0, 0.05) is 5.56 Å². The predicted molar refractivity (Wildman–Crippen MR) is 85.6 cm³/mol. The van der Waals surface area contributed by atoms with E-state index in [1.165, 1.54) is 26.4 Å². The van der Waals surface area contributed by atoms with Gasteiger partial charge in [-0.3, -0.25) is 4.79 Å². The molecule has 6 heteroatoms. The molecular weight excluding hydrogens is 320 g/mol. The maximum absolute atomic E-state index is 12.1. The average Bonchev–Trinajstić information content (AvgIpc) is 2.59. The zero-order valence-corrected chi connectivity index (χ0v) is 13.4. The van der Waals surface area contributed by atoms with Crippen LogP contribution in [0.15, 0.2) is 42.5 Å². The number of ether oxygens (including phenoxy) is 3. The number of benzene rings is 2. The molecule has 0 aliphatic heterocycles. The minimum Gasteiger partial charge on any atom is -0.497 e. The summed E-state index contributed by atoms with van der Waals surface area (Å²) in [6, 6.07) is 11.1. The predicted octanol–water partition coefficient (Wildman–Crippen LogP) is 3.40. The van der Waals surface area contributed by atoms with Crippen molar-refractivity contribution in [3.05, 3.63) is 58.6 Å². The van der Waals surface area contributed by atoms with Gasteiger partial charge in [-0.15, -0.1) is 0 Å². The van der Waals surface area contributed by atoms with Crippen molar-refractivity contribution >= 4 is 23.4 Å². The molecule has 0 saturated carbocycles. The molecule has 0 fully saturated rings. The molecular formula is C17H15ClO5. The Bertz CT molecular complexity index is 727. The SMILES string of the molecule is COc1cccc(C(=O)OCC(=O)c2ccc(OC)c(Cl)c2)c1. The first-order valence-corrected chi connectivity index (χ1v) is 7.11. The van der Waals surface area contributed by atoms with E-state index in [-0.39, 0.29) is 12.4 Å². The van der Waals surface area contributed by atoms with Crippen LogP contribution in [-0.2, 0) is 4.74 Å². The second-order valence-electron chi connectivity index (χ2n) is 4.58. The number of carbonyl (C=O) groups excluding carboxylic acids is 2. The number of halogens is 1. The van der Waals surface area contributed by atoms with E-state index in [4.69, 9.17) is 25.8 Å². The first-order chi connectivity index (χ1) is 11.0. The Labute approximate surface area is 138 Å². The zero-order valence-electron chi connectivity index (χ0n) is 12.7. The number of esters is 1. The van der Waals surface area contributed by atoms with Crippen molar-refractivity contribution in [1.82, 2.24) is 0 Å². The number of carbonyl (C=O) groups is 2. The highest BCUT2D eigenvalue weighted by molar-refractivity contribution is 6.32. The van der Waals surface area contributed by atoms with Crippen molar-refractivity contribution in [2.75, 3.05) is 20.8 Å². The molecule has 0 N–H and O–H groups in total. The number of Topliss-reactive ketones (excluding diaryl/α,β-unsaturated/α-hetero) is 1. The summed E-state index contributed by atoms with van der Waals surface area (Å²) >= 11 is 5.97. The van der Waals surface area contributed by atoms with E-state index in [9.17, 15) is 9.59 Å². The number of methoxy groups -OCH3 is 2. The summed E-state index contributed by atoms with van der Waals surface area (Å²) in [6.07, 6.45) is 0. The van der Waals surface area contributed by atoms with Crippen molar-refractivity contribution in [1.29, 1.82) is 0 Å². The van der Waals surface area contributed by atoms with E-state index in [0.29, 0.717) is 27.6 Å². The minimum atomic E-state index is -0.600. The van der Waals surface area contributed by atoms with Gasteiger partial charge in [0.05, 0.1) is 24.8 Å². The van der Waals surface area contributed by atoms with Crippen LogP contribution in [0.1, 0.15) is 20.7 Å². The van der Waals surface area contributed by atoms with E-state index in [1.807, 2.05) is 0 Å². The molecule has 23 heavy (non-hydrogen) atoms. The molecule has 120 valence electrons. The van der Waals surface area contributed by atoms with Crippen molar-refractivity contribution in [3.63, 3.8) is 0 Å². The Balaban J connectivity index is 2.00. The average molecular weight is 335 g/mol. The fraction of sp³-hybridized carbons (Fsp3) is 0.176. The second kappa shape index (κ2) is 7.65. The first kappa shape index (κ1) is 16.8. The maximum atomic E-state index is 12.1. The van der Waals surface area contributed by atoms with Gasteiger partial charge in [0.25, 0.3) is 0 Å². The Kier molecular flexibility index (Phi) is 5.60. The number of ketones is 1. The Hall–Kier alpha value is -2.53. The number of rotatable bonds is 6. The van der Waals surface area contributed by atoms with Crippen LogP contribution >= 0.6 is 11.6 Å². The van der Waals surface area contributed by atoms with Crippen LogP contribution in [0, 0.1) is 0 Å². The van der Waals surface area contributed by atoms with Gasteiger partial charge < -0.3 is 14.2 Å². The normalized spacial score (nSPS) is 10.0. The van der Waals surface area contributed by atoms with Crippen LogP contribution < -0.4 is 9.47 Å². The molecule has 0 amide bonds. The molecule has 0 spiro atoms. The molecule has 0 unspecified atom stereocenters. The third-order valence-corrected chi connectivity index (χ3v) is 3.41. The van der Waals surface area contributed by atoms with Crippen molar-refractivity contribution in [2.45, 2.75) is 0 Å². The van der Waals surface area contributed by atoms with Gasteiger partial charge >= 0.3 is 5.97 Å². The van der Waals surface area contributed by atoms with Gasteiger partial charge in [-0.25, -0.2) is 4.79 Å². The lowest BCUT2D eigenvalue weighted by molar-refractivity contribution is 0.0474. The lowest BCUT2D eigenvalue weighted by Crippen LogP contribution is -2.14. The fourth-order valence-corrected chi connectivity index (χ4v) is 2.15. The zero-order chi connectivity index (χ0) is 16.8. The molecule has 0 aromatic heterocycles. The Morgan fingerprint density at radius 1 is 1.00 bits per heavy atom. The molecule has 0 saturated heterocycles. The second-order valence-corrected chi connectivity index (χ2v) is 4.99. The lowest BCUT2D eigenvalue weighted by atomic mass is 10.1. The third kappa shape index (κ3) is 4.23. The maximum Gasteiger partial charge on any atom is 0.338 e. The quantitative estimate of drug-likeness (QED) is 0.598. The standard InChI is InChI=1S/C17H15ClO5/c1-21-13-5-3-4-12(8-13)17(20)23-10-15(19)11-6-7-16(22-2)14(18)9-11/h3-9H,10H2,1-2H3. The molecule has 2 aromatic rings. The summed E-state index contributed by atoms with van der Waals surface area (Å²) in [4.78, 5) is 24.0. The topological polar surface area (TPSA) is 61.8 Å². The largest absolute Gasteiger partial charge is 0.497 e.